The molecule has 0 aromatic carbocycles. The van der Waals surface area contributed by atoms with Crippen molar-refractivity contribution in [1.82, 2.24) is 5.32 Å². The average Bonchev–Trinajstić information content (AvgIpc) is 2.62. The Morgan fingerprint density at radius 3 is 2.56 bits per heavy atom. The van der Waals surface area contributed by atoms with Crippen LogP contribution in [-0.4, -0.2) is 38.9 Å². The molecule has 106 valence electrons. The molecular weight excluding hydrogens is 252 g/mol. The molecule has 0 aliphatic carbocycles. The Hall–Kier alpha value is -0.620. The van der Waals surface area contributed by atoms with Crippen molar-refractivity contribution in [2.45, 2.75) is 26.7 Å². The lowest BCUT2D eigenvalue weighted by Crippen LogP contribution is -2.38. The Bertz CT molecular complexity index is 379. The van der Waals surface area contributed by atoms with Gasteiger partial charge in [0.2, 0.25) is 5.91 Å². The summed E-state index contributed by atoms with van der Waals surface area (Å²) in [6.45, 7) is 4.90. The first-order chi connectivity index (χ1) is 8.34. The summed E-state index contributed by atoms with van der Waals surface area (Å²) in [5.41, 5.74) is 5.59. The maximum Gasteiger partial charge on any atom is 0.224 e. The fraction of sp³-hybridized carbons (Fsp3) is 0.917. The fourth-order valence-electron chi connectivity index (χ4n) is 2.30. The second kappa shape index (κ2) is 6.52. The molecule has 0 aromatic rings. The molecular formula is C12H24N2O3S. The van der Waals surface area contributed by atoms with E-state index in [9.17, 15) is 13.2 Å². The Balaban J connectivity index is 2.36. The molecule has 1 aliphatic heterocycles. The van der Waals surface area contributed by atoms with E-state index in [2.05, 4.69) is 19.2 Å². The van der Waals surface area contributed by atoms with Crippen molar-refractivity contribution >= 4 is 15.7 Å². The predicted octanol–water partition coefficient (Wildman–Crippen LogP) is 0.158. The Morgan fingerprint density at radius 2 is 2.11 bits per heavy atom. The van der Waals surface area contributed by atoms with Gasteiger partial charge in [-0.1, -0.05) is 13.8 Å². The zero-order valence-electron chi connectivity index (χ0n) is 11.2. The third-order valence-corrected chi connectivity index (χ3v) is 5.14. The van der Waals surface area contributed by atoms with Crippen molar-refractivity contribution in [3.05, 3.63) is 0 Å². The molecule has 2 unspecified atom stereocenters. The molecule has 3 N–H and O–H groups in total. The van der Waals surface area contributed by atoms with E-state index in [4.69, 9.17) is 5.73 Å². The molecule has 0 bridgehead atoms. The maximum atomic E-state index is 11.9. The zero-order valence-corrected chi connectivity index (χ0v) is 12.0. The third-order valence-electron chi connectivity index (χ3n) is 3.30. The maximum absolute atomic E-state index is 11.9. The molecule has 6 heteroatoms. The lowest BCUT2D eigenvalue weighted by atomic mass is 9.96. The lowest BCUT2D eigenvalue weighted by molar-refractivity contribution is -0.125. The number of sulfone groups is 1. The van der Waals surface area contributed by atoms with Gasteiger partial charge in [-0.05, 0) is 24.7 Å². The second-order valence-corrected chi connectivity index (χ2v) is 7.81. The Kier molecular flexibility index (Phi) is 5.59. The SMILES string of the molecule is CC(C)CC(CN)C(=O)NCC1CCS(=O)(=O)C1. The predicted molar refractivity (Wildman–Crippen MR) is 71.8 cm³/mol. The van der Waals surface area contributed by atoms with Gasteiger partial charge in [0, 0.05) is 13.1 Å². The van der Waals surface area contributed by atoms with Gasteiger partial charge in [0.05, 0.1) is 17.4 Å². The van der Waals surface area contributed by atoms with Gasteiger partial charge >= 0.3 is 0 Å². The summed E-state index contributed by atoms with van der Waals surface area (Å²) in [4.78, 5) is 11.9. The molecule has 1 fully saturated rings. The molecule has 18 heavy (non-hydrogen) atoms. The van der Waals surface area contributed by atoms with E-state index in [0.717, 1.165) is 6.42 Å². The molecule has 1 amide bonds. The number of hydrogen-bond acceptors (Lipinski definition) is 4. The first-order valence-corrected chi connectivity index (χ1v) is 8.34. The molecule has 5 nitrogen and oxygen atoms in total. The van der Waals surface area contributed by atoms with Gasteiger partial charge in [-0.2, -0.15) is 0 Å². The molecule has 1 rings (SSSR count). The monoisotopic (exact) mass is 276 g/mol. The first-order valence-electron chi connectivity index (χ1n) is 6.52. The highest BCUT2D eigenvalue weighted by atomic mass is 32.2. The quantitative estimate of drug-likeness (QED) is 0.723. The van der Waals surface area contributed by atoms with Gasteiger partial charge in [-0.15, -0.1) is 0 Å². The fourth-order valence-corrected chi connectivity index (χ4v) is 4.16. The van der Waals surface area contributed by atoms with Crippen LogP contribution in [0, 0.1) is 17.8 Å². The van der Waals surface area contributed by atoms with Crippen LogP contribution >= 0.6 is 0 Å². The molecule has 0 spiro atoms. The minimum atomic E-state index is -2.86. The van der Waals surface area contributed by atoms with E-state index < -0.39 is 9.84 Å². The minimum Gasteiger partial charge on any atom is -0.356 e. The van der Waals surface area contributed by atoms with Crippen molar-refractivity contribution < 1.29 is 13.2 Å². The third kappa shape index (κ3) is 4.94. The zero-order chi connectivity index (χ0) is 13.8. The summed E-state index contributed by atoms with van der Waals surface area (Å²) in [5, 5.41) is 2.84. The standard InChI is InChI=1S/C12H24N2O3S/c1-9(2)5-11(6-13)12(15)14-7-10-3-4-18(16,17)8-10/h9-11H,3-8,13H2,1-2H3,(H,14,15). The summed E-state index contributed by atoms with van der Waals surface area (Å²) < 4.78 is 22.6. The van der Waals surface area contributed by atoms with Crippen LogP contribution in [0.4, 0.5) is 0 Å². The van der Waals surface area contributed by atoms with E-state index >= 15 is 0 Å². The van der Waals surface area contributed by atoms with Crippen LogP contribution in [-0.2, 0) is 14.6 Å². The minimum absolute atomic E-state index is 0.0458. The van der Waals surface area contributed by atoms with Gasteiger partial charge in [0.15, 0.2) is 9.84 Å². The number of carbonyl (C=O) groups excluding carboxylic acids is 1. The number of rotatable bonds is 6. The van der Waals surface area contributed by atoms with Gasteiger partial charge in [0.1, 0.15) is 0 Å². The number of hydrogen-bond donors (Lipinski definition) is 2. The van der Waals surface area contributed by atoms with Crippen molar-refractivity contribution in [3.63, 3.8) is 0 Å². The van der Waals surface area contributed by atoms with E-state index in [1.54, 1.807) is 0 Å². The van der Waals surface area contributed by atoms with Gasteiger partial charge in [-0.25, -0.2) is 8.42 Å². The lowest BCUT2D eigenvalue weighted by Gasteiger charge is -2.18. The summed E-state index contributed by atoms with van der Waals surface area (Å²) in [6, 6.07) is 0. The van der Waals surface area contributed by atoms with Crippen LogP contribution in [0.2, 0.25) is 0 Å². The molecule has 1 aliphatic rings. The summed E-state index contributed by atoms with van der Waals surface area (Å²) >= 11 is 0. The topological polar surface area (TPSA) is 89.3 Å². The Morgan fingerprint density at radius 1 is 1.44 bits per heavy atom. The molecule has 0 aromatic heterocycles. The number of carbonyl (C=O) groups is 1. The van der Waals surface area contributed by atoms with Gasteiger partial charge in [-0.3, -0.25) is 4.79 Å². The molecule has 1 heterocycles. The summed E-state index contributed by atoms with van der Waals surface area (Å²) in [5.74, 6) is 0.732. The second-order valence-electron chi connectivity index (χ2n) is 5.58. The molecule has 0 radical (unpaired) electrons. The van der Waals surface area contributed by atoms with Gasteiger partial charge < -0.3 is 11.1 Å². The van der Waals surface area contributed by atoms with Crippen LogP contribution in [0.25, 0.3) is 0 Å². The van der Waals surface area contributed by atoms with Crippen LogP contribution in [0.3, 0.4) is 0 Å². The first kappa shape index (κ1) is 15.4. The van der Waals surface area contributed by atoms with E-state index in [1.807, 2.05) is 0 Å². The van der Waals surface area contributed by atoms with Crippen molar-refractivity contribution in [1.29, 1.82) is 0 Å². The van der Waals surface area contributed by atoms with Crippen LogP contribution in [0.15, 0.2) is 0 Å². The number of nitrogens with one attached hydrogen (secondary N) is 1. The highest BCUT2D eigenvalue weighted by Crippen LogP contribution is 2.18. The normalized spacial score (nSPS) is 24.1. The van der Waals surface area contributed by atoms with Crippen molar-refractivity contribution in [2.24, 2.45) is 23.5 Å². The average molecular weight is 276 g/mol. The Labute approximate surface area is 109 Å². The van der Waals surface area contributed by atoms with Crippen molar-refractivity contribution in [2.75, 3.05) is 24.6 Å². The summed E-state index contributed by atoms with van der Waals surface area (Å²) in [7, 11) is -2.86. The van der Waals surface area contributed by atoms with Gasteiger partial charge in [0.25, 0.3) is 0 Å². The number of amides is 1. The molecule has 0 saturated carbocycles. The van der Waals surface area contributed by atoms with Crippen LogP contribution in [0.1, 0.15) is 26.7 Å². The van der Waals surface area contributed by atoms with Crippen LogP contribution < -0.4 is 11.1 Å². The number of nitrogens with two attached hydrogens (primary N) is 1. The largest absolute Gasteiger partial charge is 0.356 e. The highest BCUT2D eigenvalue weighted by Gasteiger charge is 2.28. The summed E-state index contributed by atoms with van der Waals surface area (Å²) in [6.07, 6.45) is 1.42. The van der Waals surface area contributed by atoms with Crippen LogP contribution in [0.5, 0.6) is 0 Å². The smallest absolute Gasteiger partial charge is 0.224 e. The van der Waals surface area contributed by atoms with Crippen molar-refractivity contribution in [3.8, 4) is 0 Å². The van der Waals surface area contributed by atoms with E-state index in [0.29, 0.717) is 25.4 Å². The van der Waals surface area contributed by atoms with E-state index in [1.165, 1.54) is 0 Å². The van der Waals surface area contributed by atoms with E-state index in [-0.39, 0.29) is 29.2 Å². The molecule has 2 atom stereocenters. The highest BCUT2D eigenvalue weighted by molar-refractivity contribution is 7.91. The molecule has 1 saturated heterocycles.